The summed E-state index contributed by atoms with van der Waals surface area (Å²) in [6, 6.07) is 6.54. The van der Waals surface area contributed by atoms with Crippen molar-refractivity contribution >= 4 is 15.9 Å². The van der Waals surface area contributed by atoms with E-state index in [1.54, 1.807) is 13.2 Å². The molecular weight excluding hydrogens is 220 g/mol. The van der Waals surface area contributed by atoms with Crippen molar-refractivity contribution in [1.82, 2.24) is 0 Å². The van der Waals surface area contributed by atoms with E-state index in [1.165, 1.54) is 0 Å². The van der Waals surface area contributed by atoms with Crippen LogP contribution in [0.1, 0.15) is 6.92 Å². The molecule has 0 aromatic heterocycles. The third kappa shape index (κ3) is 2.14. The molecule has 0 amide bonds. The summed E-state index contributed by atoms with van der Waals surface area (Å²) in [6.07, 6.45) is 0. The van der Waals surface area contributed by atoms with Crippen molar-refractivity contribution in [3.05, 3.63) is 22.7 Å². The molecule has 12 heavy (non-hydrogen) atoms. The molecule has 2 nitrogen and oxygen atoms in total. The van der Waals surface area contributed by atoms with Crippen molar-refractivity contribution in [2.24, 2.45) is 0 Å². The van der Waals surface area contributed by atoms with Gasteiger partial charge in [0.1, 0.15) is 0 Å². The summed E-state index contributed by atoms with van der Waals surface area (Å²) < 4.78 is 11.3. The Labute approximate surface area is 80.6 Å². The van der Waals surface area contributed by atoms with Gasteiger partial charge in [-0.1, -0.05) is 15.9 Å². The van der Waals surface area contributed by atoms with Crippen molar-refractivity contribution in [3.8, 4) is 11.5 Å². The SMILES string of the molecule is CCOc1cc(Br)[c]cc1OC. The molecule has 0 spiro atoms. The fourth-order valence-corrected chi connectivity index (χ4v) is 1.18. The molecule has 1 aromatic carbocycles. The first-order chi connectivity index (χ1) is 5.77. The topological polar surface area (TPSA) is 18.5 Å². The van der Waals surface area contributed by atoms with Gasteiger partial charge in [-0.15, -0.1) is 0 Å². The highest BCUT2D eigenvalue weighted by atomic mass is 79.9. The molecule has 65 valence electrons. The van der Waals surface area contributed by atoms with Crippen LogP contribution in [-0.2, 0) is 0 Å². The fourth-order valence-electron chi connectivity index (χ4n) is 0.861. The smallest absolute Gasteiger partial charge is 0.162 e. The number of rotatable bonds is 3. The second-order valence-electron chi connectivity index (χ2n) is 2.15. The summed E-state index contributed by atoms with van der Waals surface area (Å²) >= 11 is 3.30. The van der Waals surface area contributed by atoms with Crippen molar-refractivity contribution < 1.29 is 9.47 Å². The van der Waals surface area contributed by atoms with Crippen LogP contribution in [0.3, 0.4) is 0 Å². The van der Waals surface area contributed by atoms with Crippen molar-refractivity contribution in [3.63, 3.8) is 0 Å². The summed E-state index contributed by atoms with van der Waals surface area (Å²) in [4.78, 5) is 0. The Hall–Kier alpha value is -0.700. The molecule has 0 atom stereocenters. The highest BCUT2D eigenvalue weighted by Gasteiger charge is 2.03. The molecule has 1 aromatic rings. The zero-order valence-corrected chi connectivity index (χ0v) is 8.64. The van der Waals surface area contributed by atoms with Crippen LogP contribution in [0.2, 0.25) is 0 Å². The molecule has 3 heteroatoms. The molecule has 0 saturated carbocycles. The first kappa shape index (κ1) is 9.39. The predicted molar refractivity (Wildman–Crippen MR) is 50.7 cm³/mol. The van der Waals surface area contributed by atoms with Crippen molar-refractivity contribution in [1.29, 1.82) is 0 Å². The number of halogens is 1. The lowest BCUT2D eigenvalue weighted by atomic mass is 10.3. The maximum atomic E-state index is 5.33. The Morgan fingerprint density at radius 1 is 1.50 bits per heavy atom. The van der Waals surface area contributed by atoms with Crippen LogP contribution in [0, 0.1) is 6.07 Å². The van der Waals surface area contributed by atoms with E-state index in [9.17, 15) is 0 Å². The summed E-state index contributed by atoms with van der Waals surface area (Å²) in [7, 11) is 1.61. The summed E-state index contributed by atoms with van der Waals surface area (Å²) in [5.74, 6) is 1.45. The monoisotopic (exact) mass is 229 g/mol. The second kappa shape index (κ2) is 4.36. The zero-order valence-electron chi connectivity index (χ0n) is 7.06. The minimum Gasteiger partial charge on any atom is -0.493 e. The van der Waals surface area contributed by atoms with Gasteiger partial charge in [-0.3, -0.25) is 0 Å². The van der Waals surface area contributed by atoms with E-state index in [0.29, 0.717) is 12.4 Å². The van der Waals surface area contributed by atoms with E-state index in [4.69, 9.17) is 9.47 Å². The van der Waals surface area contributed by atoms with Gasteiger partial charge in [-0.2, -0.15) is 0 Å². The van der Waals surface area contributed by atoms with Gasteiger partial charge in [0.05, 0.1) is 13.7 Å². The van der Waals surface area contributed by atoms with Crippen molar-refractivity contribution in [2.45, 2.75) is 6.92 Å². The van der Waals surface area contributed by atoms with Crippen LogP contribution in [0.4, 0.5) is 0 Å². The molecule has 0 aliphatic heterocycles. The maximum absolute atomic E-state index is 5.33. The normalized spacial score (nSPS) is 9.58. The van der Waals surface area contributed by atoms with Crippen LogP contribution in [0.5, 0.6) is 11.5 Å². The number of methoxy groups -OCH3 is 1. The molecule has 0 saturated heterocycles. The molecular formula is C9H10BrO2. The minimum absolute atomic E-state index is 0.632. The van der Waals surface area contributed by atoms with E-state index in [2.05, 4.69) is 22.0 Å². The van der Waals surface area contributed by atoms with E-state index in [1.807, 2.05) is 13.0 Å². The van der Waals surface area contributed by atoms with E-state index < -0.39 is 0 Å². The highest BCUT2D eigenvalue weighted by molar-refractivity contribution is 9.10. The number of benzene rings is 1. The number of ether oxygens (including phenoxy) is 2. The maximum Gasteiger partial charge on any atom is 0.162 e. The average molecular weight is 230 g/mol. The summed E-state index contributed by atoms with van der Waals surface area (Å²) in [5.41, 5.74) is 0. The molecule has 0 aliphatic carbocycles. The van der Waals surface area contributed by atoms with Gasteiger partial charge in [0.25, 0.3) is 0 Å². The van der Waals surface area contributed by atoms with Gasteiger partial charge >= 0.3 is 0 Å². The zero-order chi connectivity index (χ0) is 8.97. The average Bonchev–Trinajstić information content (AvgIpc) is 2.05. The molecule has 1 radical (unpaired) electrons. The Balaban J connectivity index is 2.95. The van der Waals surface area contributed by atoms with E-state index >= 15 is 0 Å². The predicted octanol–water partition coefficient (Wildman–Crippen LogP) is 2.66. The van der Waals surface area contributed by atoms with Crippen LogP contribution in [0.25, 0.3) is 0 Å². The van der Waals surface area contributed by atoms with Gasteiger partial charge in [0.2, 0.25) is 0 Å². The number of hydrogen-bond donors (Lipinski definition) is 0. The lowest BCUT2D eigenvalue weighted by Gasteiger charge is -2.08. The third-order valence-corrected chi connectivity index (χ3v) is 1.82. The Morgan fingerprint density at radius 2 is 2.25 bits per heavy atom. The lowest BCUT2D eigenvalue weighted by Crippen LogP contribution is -1.94. The standard InChI is InChI=1S/C9H10BrO2/c1-3-12-9-6-7(10)4-5-8(9)11-2/h5-6H,3H2,1-2H3. The second-order valence-corrected chi connectivity index (χ2v) is 3.00. The number of hydrogen-bond acceptors (Lipinski definition) is 2. The largest absolute Gasteiger partial charge is 0.493 e. The van der Waals surface area contributed by atoms with E-state index in [0.717, 1.165) is 10.2 Å². The first-order valence-electron chi connectivity index (χ1n) is 3.66. The Morgan fingerprint density at radius 3 is 2.83 bits per heavy atom. The van der Waals surface area contributed by atoms with Gasteiger partial charge in [-0.05, 0) is 19.1 Å². The Bertz CT molecular complexity index is 261. The van der Waals surface area contributed by atoms with Gasteiger partial charge in [0, 0.05) is 10.5 Å². The first-order valence-corrected chi connectivity index (χ1v) is 4.45. The molecule has 0 N–H and O–H groups in total. The lowest BCUT2D eigenvalue weighted by molar-refractivity contribution is 0.310. The molecule has 0 heterocycles. The minimum atomic E-state index is 0.632. The third-order valence-electron chi connectivity index (χ3n) is 1.36. The van der Waals surface area contributed by atoms with Crippen LogP contribution in [-0.4, -0.2) is 13.7 Å². The van der Waals surface area contributed by atoms with Crippen LogP contribution >= 0.6 is 15.9 Å². The van der Waals surface area contributed by atoms with E-state index in [-0.39, 0.29) is 0 Å². The Kier molecular flexibility index (Phi) is 3.41. The molecule has 0 unspecified atom stereocenters. The highest BCUT2D eigenvalue weighted by Crippen LogP contribution is 2.29. The van der Waals surface area contributed by atoms with Crippen LogP contribution in [0.15, 0.2) is 16.6 Å². The van der Waals surface area contributed by atoms with Crippen LogP contribution < -0.4 is 9.47 Å². The van der Waals surface area contributed by atoms with Crippen molar-refractivity contribution in [2.75, 3.05) is 13.7 Å². The fraction of sp³-hybridized carbons (Fsp3) is 0.333. The summed E-state index contributed by atoms with van der Waals surface area (Å²) in [5, 5.41) is 0. The molecule has 1 rings (SSSR count). The quantitative estimate of drug-likeness (QED) is 0.794. The van der Waals surface area contributed by atoms with Gasteiger partial charge in [0.15, 0.2) is 11.5 Å². The van der Waals surface area contributed by atoms with Gasteiger partial charge in [-0.25, -0.2) is 0 Å². The molecule has 0 fully saturated rings. The van der Waals surface area contributed by atoms with Gasteiger partial charge < -0.3 is 9.47 Å². The summed E-state index contributed by atoms with van der Waals surface area (Å²) in [6.45, 7) is 2.57. The molecule has 0 aliphatic rings. The molecule has 0 bridgehead atoms.